The Balaban J connectivity index is 1.73. The third-order valence-corrected chi connectivity index (χ3v) is 3.68. The predicted octanol–water partition coefficient (Wildman–Crippen LogP) is 3.11. The van der Waals surface area contributed by atoms with E-state index in [1.165, 1.54) is 6.33 Å². The standard InChI is InChI=1S/C15H17ClN6/c1-10(2)22-9-20-21-14(22)5-6-17-15-12-4-3-11(16)7-13(12)18-8-19-15/h3-4,7-10H,5-6H2,1-2H3,(H,17,18,19). The molecule has 0 radical (unpaired) electrons. The first-order chi connectivity index (χ1) is 10.6. The highest BCUT2D eigenvalue weighted by atomic mass is 35.5. The van der Waals surface area contributed by atoms with E-state index in [-0.39, 0.29) is 0 Å². The van der Waals surface area contributed by atoms with Gasteiger partial charge in [-0.25, -0.2) is 9.97 Å². The minimum atomic E-state index is 0.354. The van der Waals surface area contributed by atoms with Gasteiger partial charge in [-0.2, -0.15) is 0 Å². The highest BCUT2D eigenvalue weighted by molar-refractivity contribution is 6.31. The van der Waals surface area contributed by atoms with Gasteiger partial charge in [0.15, 0.2) is 0 Å². The second kappa shape index (κ2) is 6.27. The summed E-state index contributed by atoms with van der Waals surface area (Å²) in [5, 5.41) is 13.1. The first kappa shape index (κ1) is 14.7. The number of fused-ring (bicyclic) bond motifs is 1. The first-order valence-corrected chi connectivity index (χ1v) is 7.55. The van der Waals surface area contributed by atoms with Gasteiger partial charge in [0, 0.05) is 29.4 Å². The van der Waals surface area contributed by atoms with Gasteiger partial charge >= 0.3 is 0 Å². The number of nitrogens with zero attached hydrogens (tertiary/aromatic N) is 5. The van der Waals surface area contributed by atoms with Gasteiger partial charge in [-0.05, 0) is 32.0 Å². The lowest BCUT2D eigenvalue weighted by Crippen LogP contribution is -2.12. The van der Waals surface area contributed by atoms with Gasteiger partial charge in [-0.15, -0.1) is 10.2 Å². The molecule has 0 fully saturated rings. The summed E-state index contributed by atoms with van der Waals surface area (Å²) in [5.41, 5.74) is 0.829. The molecule has 0 spiro atoms. The van der Waals surface area contributed by atoms with Gasteiger partial charge in [0.2, 0.25) is 0 Å². The van der Waals surface area contributed by atoms with Crippen LogP contribution in [0.2, 0.25) is 5.02 Å². The number of anilines is 1. The Morgan fingerprint density at radius 2 is 2.14 bits per heavy atom. The number of hydrogen-bond acceptors (Lipinski definition) is 5. The number of rotatable bonds is 5. The van der Waals surface area contributed by atoms with Crippen molar-refractivity contribution in [2.24, 2.45) is 0 Å². The van der Waals surface area contributed by atoms with Crippen LogP contribution < -0.4 is 5.32 Å². The highest BCUT2D eigenvalue weighted by Crippen LogP contribution is 2.22. The maximum Gasteiger partial charge on any atom is 0.137 e. The summed E-state index contributed by atoms with van der Waals surface area (Å²) in [6, 6.07) is 5.95. The molecule has 6 nitrogen and oxygen atoms in total. The fraction of sp³-hybridized carbons (Fsp3) is 0.333. The number of aromatic nitrogens is 5. The van der Waals surface area contributed by atoms with Crippen LogP contribution in [0.15, 0.2) is 30.9 Å². The second-order valence-electron chi connectivity index (χ2n) is 5.31. The zero-order valence-electron chi connectivity index (χ0n) is 12.5. The topological polar surface area (TPSA) is 68.5 Å². The predicted molar refractivity (Wildman–Crippen MR) is 87.1 cm³/mol. The maximum atomic E-state index is 5.99. The lowest BCUT2D eigenvalue weighted by atomic mass is 10.2. The van der Waals surface area contributed by atoms with Gasteiger partial charge in [0.1, 0.15) is 24.3 Å². The molecule has 3 rings (SSSR count). The van der Waals surface area contributed by atoms with Gasteiger partial charge in [0.25, 0.3) is 0 Å². The van der Waals surface area contributed by atoms with E-state index in [1.54, 1.807) is 6.33 Å². The van der Waals surface area contributed by atoms with Crippen molar-refractivity contribution in [1.29, 1.82) is 0 Å². The molecule has 0 unspecified atom stereocenters. The molecule has 0 aliphatic rings. The molecule has 1 aromatic carbocycles. The van der Waals surface area contributed by atoms with Crippen molar-refractivity contribution >= 4 is 28.3 Å². The fourth-order valence-electron chi connectivity index (χ4n) is 2.34. The van der Waals surface area contributed by atoms with E-state index >= 15 is 0 Å². The molecule has 1 N–H and O–H groups in total. The Kier molecular flexibility index (Phi) is 4.20. The van der Waals surface area contributed by atoms with Crippen molar-refractivity contribution in [3.63, 3.8) is 0 Å². The normalized spacial score (nSPS) is 11.3. The van der Waals surface area contributed by atoms with E-state index in [2.05, 4.69) is 43.9 Å². The molecule has 2 heterocycles. The van der Waals surface area contributed by atoms with Crippen LogP contribution in [0.1, 0.15) is 25.7 Å². The van der Waals surface area contributed by atoms with Crippen molar-refractivity contribution in [3.05, 3.63) is 41.7 Å². The zero-order valence-corrected chi connectivity index (χ0v) is 13.2. The lowest BCUT2D eigenvalue weighted by molar-refractivity contribution is 0.568. The molecule has 22 heavy (non-hydrogen) atoms. The van der Waals surface area contributed by atoms with Gasteiger partial charge in [-0.3, -0.25) is 0 Å². The Bertz CT molecular complexity index is 783. The number of nitrogens with one attached hydrogen (secondary N) is 1. The zero-order chi connectivity index (χ0) is 15.5. The molecule has 114 valence electrons. The molecule has 0 bridgehead atoms. The van der Waals surface area contributed by atoms with Crippen LogP contribution in [-0.2, 0) is 6.42 Å². The van der Waals surface area contributed by atoms with Crippen LogP contribution in [0, 0.1) is 0 Å². The average Bonchev–Trinajstić information content (AvgIpc) is 2.95. The van der Waals surface area contributed by atoms with Gasteiger partial charge < -0.3 is 9.88 Å². The van der Waals surface area contributed by atoms with Crippen LogP contribution in [0.3, 0.4) is 0 Å². The Morgan fingerprint density at radius 3 is 2.95 bits per heavy atom. The van der Waals surface area contributed by atoms with Crippen molar-refractivity contribution in [1.82, 2.24) is 24.7 Å². The Hall–Kier alpha value is -2.21. The summed E-state index contributed by atoms with van der Waals surface area (Å²) in [4.78, 5) is 8.54. The van der Waals surface area contributed by atoms with E-state index in [9.17, 15) is 0 Å². The third-order valence-electron chi connectivity index (χ3n) is 3.44. The van der Waals surface area contributed by atoms with Crippen LogP contribution in [0.4, 0.5) is 5.82 Å². The maximum absolute atomic E-state index is 5.99. The number of benzene rings is 1. The smallest absolute Gasteiger partial charge is 0.137 e. The minimum Gasteiger partial charge on any atom is -0.369 e. The molecule has 0 saturated heterocycles. The second-order valence-corrected chi connectivity index (χ2v) is 5.75. The Labute approximate surface area is 133 Å². The van der Waals surface area contributed by atoms with Crippen molar-refractivity contribution in [2.75, 3.05) is 11.9 Å². The summed E-state index contributed by atoms with van der Waals surface area (Å²) >= 11 is 5.99. The highest BCUT2D eigenvalue weighted by Gasteiger charge is 2.08. The summed E-state index contributed by atoms with van der Waals surface area (Å²) in [7, 11) is 0. The summed E-state index contributed by atoms with van der Waals surface area (Å²) in [6.45, 7) is 4.95. The van der Waals surface area contributed by atoms with E-state index in [1.807, 2.05) is 18.2 Å². The molecule has 2 aromatic heterocycles. The minimum absolute atomic E-state index is 0.354. The average molecular weight is 317 g/mol. The first-order valence-electron chi connectivity index (χ1n) is 7.17. The molecule has 0 aliphatic carbocycles. The van der Waals surface area contributed by atoms with E-state index in [4.69, 9.17) is 11.6 Å². The molecule has 0 aliphatic heterocycles. The lowest BCUT2D eigenvalue weighted by Gasteiger charge is -2.11. The molecule has 0 amide bonds. The van der Waals surface area contributed by atoms with Crippen molar-refractivity contribution in [3.8, 4) is 0 Å². The summed E-state index contributed by atoms with van der Waals surface area (Å²) in [5.74, 6) is 1.76. The molecule has 0 saturated carbocycles. The number of hydrogen-bond donors (Lipinski definition) is 1. The third kappa shape index (κ3) is 3.01. The van der Waals surface area contributed by atoms with E-state index in [0.717, 1.165) is 35.5 Å². The molecule has 0 atom stereocenters. The van der Waals surface area contributed by atoms with Gasteiger partial charge in [0.05, 0.1) is 5.52 Å². The van der Waals surface area contributed by atoms with E-state index < -0.39 is 0 Å². The molecular formula is C15H17ClN6. The van der Waals surface area contributed by atoms with Crippen molar-refractivity contribution in [2.45, 2.75) is 26.3 Å². The summed E-state index contributed by atoms with van der Waals surface area (Å²) in [6.07, 6.45) is 4.08. The van der Waals surface area contributed by atoms with Gasteiger partial charge in [-0.1, -0.05) is 11.6 Å². The van der Waals surface area contributed by atoms with Crippen LogP contribution in [0.5, 0.6) is 0 Å². The fourth-order valence-corrected chi connectivity index (χ4v) is 2.51. The largest absolute Gasteiger partial charge is 0.369 e. The van der Waals surface area contributed by atoms with E-state index in [0.29, 0.717) is 11.1 Å². The quantitative estimate of drug-likeness (QED) is 0.783. The molecule has 7 heteroatoms. The Morgan fingerprint density at radius 1 is 1.27 bits per heavy atom. The van der Waals surface area contributed by atoms with Crippen LogP contribution >= 0.6 is 11.6 Å². The van der Waals surface area contributed by atoms with Crippen molar-refractivity contribution < 1.29 is 0 Å². The SMILES string of the molecule is CC(C)n1cnnc1CCNc1ncnc2cc(Cl)ccc12. The molecular weight excluding hydrogens is 300 g/mol. The summed E-state index contributed by atoms with van der Waals surface area (Å²) < 4.78 is 2.07. The number of halogens is 1. The van der Waals surface area contributed by atoms with Crippen LogP contribution in [0.25, 0.3) is 10.9 Å². The monoisotopic (exact) mass is 316 g/mol. The van der Waals surface area contributed by atoms with Crippen LogP contribution in [-0.4, -0.2) is 31.3 Å². The molecule has 3 aromatic rings.